The molecule has 18 heavy (non-hydrogen) atoms. The Morgan fingerprint density at radius 1 is 1.50 bits per heavy atom. The number of thiophene rings is 1. The summed E-state index contributed by atoms with van der Waals surface area (Å²) in [6.45, 7) is 11.6. The number of nitrogens with one attached hydrogen (secondary N) is 1. The van der Waals surface area contributed by atoms with E-state index in [0.717, 1.165) is 19.0 Å². The van der Waals surface area contributed by atoms with E-state index < -0.39 is 0 Å². The van der Waals surface area contributed by atoms with Crippen LogP contribution in [0.5, 0.6) is 0 Å². The van der Waals surface area contributed by atoms with Crippen molar-refractivity contribution in [3.63, 3.8) is 0 Å². The summed E-state index contributed by atoms with van der Waals surface area (Å²) in [5.41, 5.74) is 1.54. The molecule has 1 aromatic heterocycles. The minimum absolute atomic E-state index is 0.684. The molecular weight excluding hydrogens is 240 g/mol. The maximum Gasteiger partial charge on any atom is 0.0331 e. The fraction of sp³-hybridized carbons (Fsp3) is 0.733. The van der Waals surface area contributed by atoms with Crippen LogP contribution in [0.25, 0.3) is 0 Å². The van der Waals surface area contributed by atoms with Crippen LogP contribution in [0.2, 0.25) is 0 Å². The zero-order chi connectivity index (χ0) is 13.0. The Kier molecular flexibility index (Phi) is 5.22. The van der Waals surface area contributed by atoms with Gasteiger partial charge in [-0.2, -0.15) is 0 Å². The van der Waals surface area contributed by atoms with Crippen LogP contribution >= 0.6 is 11.3 Å². The van der Waals surface area contributed by atoms with E-state index in [-0.39, 0.29) is 0 Å². The number of hydrogen-bond acceptors (Lipinski definition) is 3. The first-order chi connectivity index (χ1) is 8.69. The molecule has 0 bridgehead atoms. The summed E-state index contributed by atoms with van der Waals surface area (Å²) in [5, 5.41) is 5.89. The third-order valence-corrected chi connectivity index (χ3v) is 4.63. The van der Waals surface area contributed by atoms with Crippen molar-refractivity contribution in [3.8, 4) is 0 Å². The zero-order valence-electron chi connectivity index (χ0n) is 11.9. The van der Waals surface area contributed by atoms with Gasteiger partial charge in [0.15, 0.2) is 0 Å². The van der Waals surface area contributed by atoms with E-state index in [1.54, 1.807) is 10.4 Å². The van der Waals surface area contributed by atoms with Gasteiger partial charge in [-0.15, -0.1) is 11.3 Å². The minimum atomic E-state index is 0.684. The lowest BCUT2D eigenvalue weighted by Crippen LogP contribution is -2.50. The van der Waals surface area contributed by atoms with Crippen LogP contribution in [0.1, 0.15) is 37.6 Å². The van der Waals surface area contributed by atoms with Crippen LogP contribution < -0.4 is 5.32 Å². The Labute approximate surface area is 115 Å². The van der Waals surface area contributed by atoms with Gasteiger partial charge in [0.05, 0.1) is 0 Å². The summed E-state index contributed by atoms with van der Waals surface area (Å²) < 4.78 is 0. The number of aryl methyl sites for hydroxylation is 1. The van der Waals surface area contributed by atoms with Crippen molar-refractivity contribution in [2.45, 2.75) is 46.2 Å². The van der Waals surface area contributed by atoms with Gasteiger partial charge in [-0.05, 0) is 35.8 Å². The lowest BCUT2D eigenvalue weighted by atomic mass is 10.0. The predicted octanol–water partition coefficient (Wildman–Crippen LogP) is 3.13. The Morgan fingerprint density at radius 2 is 2.33 bits per heavy atom. The van der Waals surface area contributed by atoms with Gasteiger partial charge in [0, 0.05) is 37.1 Å². The van der Waals surface area contributed by atoms with Crippen molar-refractivity contribution in [1.82, 2.24) is 10.2 Å². The van der Waals surface area contributed by atoms with E-state index in [1.807, 2.05) is 11.3 Å². The molecular formula is C15H26N2S. The highest BCUT2D eigenvalue weighted by atomic mass is 32.1. The van der Waals surface area contributed by atoms with Crippen LogP contribution in [0, 0.1) is 5.92 Å². The quantitative estimate of drug-likeness (QED) is 0.881. The summed E-state index contributed by atoms with van der Waals surface area (Å²) in [6.07, 6.45) is 2.46. The molecule has 0 aromatic carbocycles. The van der Waals surface area contributed by atoms with E-state index in [1.165, 1.54) is 25.9 Å². The first kappa shape index (κ1) is 14.0. The molecule has 0 spiro atoms. The van der Waals surface area contributed by atoms with E-state index in [9.17, 15) is 0 Å². The minimum Gasteiger partial charge on any atom is -0.311 e. The molecule has 0 radical (unpaired) electrons. The van der Waals surface area contributed by atoms with Gasteiger partial charge in [0.1, 0.15) is 0 Å². The molecule has 3 heteroatoms. The first-order valence-electron chi connectivity index (χ1n) is 7.20. The third-order valence-electron chi connectivity index (χ3n) is 3.68. The highest BCUT2D eigenvalue weighted by Crippen LogP contribution is 2.20. The van der Waals surface area contributed by atoms with E-state index in [0.29, 0.717) is 6.04 Å². The molecule has 1 aromatic rings. The van der Waals surface area contributed by atoms with E-state index in [4.69, 9.17) is 0 Å². The molecule has 0 saturated carbocycles. The molecule has 2 rings (SSSR count). The summed E-state index contributed by atoms with van der Waals surface area (Å²) in [7, 11) is 0. The fourth-order valence-corrected chi connectivity index (χ4v) is 3.81. The van der Waals surface area contributed by atoms with Crippen molar-refractivity contribution < 1.29 is 0 Å². The molecule has 2 nitrogen and oxygen atoms in total. The maximum atomic E-state index is 3.65. The van der Waals surface area contributed by atoms with E-state index in [2.05, 4.69) is 42.4 Å². The second kappa shape index (κ2) is 6.69. The molecule has 1 N–H and O–H groups in total. The Morgan fingerprint density at radius 3 is 3.06 bits per heavy atom. The lowest BCUT2D eigenvalue weighted by molar-refractivity contribution is 0.180. The topological polar surface area (TPSA) is 15.3 Å². The number of rotatable bonds is 5. The van der Waals surface area contributed by atoms with Crippen molar-refractivity contribution in [3.05, 3.63) is 21.9 Å². The van der Waals surface area contributed by atoms with Gasteiger partial charge in [-0.1, -0.05) is 20.8 Å². The molecule has 1 aliphatic heterocycles. The van der Waals surface area contributed by atoms with Crippen LogP contribution in [-0.4, -0.2) is 30.6 Å². The molecule has 1 aliphatic rings. The van der Waals surface area contributed by atoms with Crippen LogP contribution in [0.3, 0.4) is 0 Å². The first-order valence-corrected chi connectivity index (χ1v) is 8.08. The number of nitrogens with zero attached hydrogens (tertiary/aromatic N) is 1. The second-order valence-corrected chi connectivity index (χ2v) is 6.74. The van der Waals surface area contributed by atoms with Gasteiger partial charge in [-0.3, -0.25) is 4.90 Å². The van der Waals surface area contributed by atoms with E-state index >= 15 is 0 Å². The summed E-state index contributed by atoms with van der Waals surface area (Å²) in [5.74, 6) is 0.787. The SMILES string of the molecule is CCc1ccsc1CN1CCNC(CC(C)C)C1. The lowest BCUT2D eigenvalue weighted by Gasteiger charge is -2.34. The van der Waals surface area contributed by atoms with Crippen molar-refractivity contribution >= 4 is 11.3 Å². The second-order valence-electron chi connectivity index (χ2n) is 5.74. The van der Waals surface area contributed by atoms with Crippen LogP contribution in [0.4, 0.5) is 0 Å². The van der Waals surface area contributed by atoms with Gasteiger partial charge in [-0.25, -0.2) is 0 Å². The molecule has 1 saturated heterocycles. The fourth-order valence-electron chi connectivity index (χ4n) is 2.79. The Bertz CT molecular complexity index is 359. The van der Waals surface area contributed by atoms with Gasteiger partial charge in [0.25, 0.3) is 0 Å². The molecule has 0 aliphatic carbocycles. The largest absolute Gasteiger partial charge is 0.311 e. The standard InChI is InChI=1S/C15H26N2S/c1-4-13-5-8-18-15(13)11-17-7-6-16-14(10-17)9-12(2)3/h5,8,12,14,16H,4,6-7,9-11H2,1-3H3. The normalized spacial score (nSPS) is 21.7. The average Bonchev–Trinajstić information content (AvgIpc) is 2.76. The molecule has 2 heterocycles. The summed E-state index contributed by atoms with van der Waals surface area (Å²) in [4.78, 5) is 4.19. The van der Waals surface area contributed by atoms with Crippen LogP contribution in [-0.2, 0) is 13.0 Å². The maximum absolute atomic E-state index is 3.65. The number of hydrogen-bond donors (Lipinski definition) is 1. The average molecular weight is 266 g/mol. The van der Waals surface area contributed by atoms with Crippen molar-refractivity contribution in [2.24, 2.45) is 5.92 Å². The highest BCUT2D eigenvalue weighted by molar-refractivity contribution is 7.10. The molecule has 1 unspecified atom stereocenters. The molecule has 102 valence electrons. The van der Waals surface area contributed by atoms with Gasteiger partial charge >= 0.3 is 0 Å². The Hall–Kier alpha value is -0.380. The molecule has 1 fully saturated rings. The third kappa shape index (κ3) is 3.81. The molecule has 1 atom stereocenters. The predicted molar refractivity (Wildman–Crippen MR) is 80.2 cm³/mol. The monoisotopic (exact) mass is 266 g/mol. The number of piperazine rings is 1. The summed E-state index contributed by atoms with van der Waals surface area (Å²) >= 11 is 1.92. The van der Waals surface area contributed by atoms with Gasteiger partial charge < -0.3 is 5.32 Å². The van der Waals surface area contributed by atoms with Gasteiger partial charge in [0.2, 0.25) is 0 Å². The molecule has 0 amide bonds. The van der Waals surface area contributed by atoms with Crippen molar-refractivity contribution in [2.75, 3.05) is 19.6 Å². The highest BCUT2D eigenvalue weighted by Gasteiger charge is 2.20. The summed E-state index contributed by atoms with van der Waals surface area (Å²) in [6, 6.07) is 2.97. The Balaban J connectivity index is 1.89. The van der Waals surface area contributed by atoms with Crippen LogP contribution in [0.15, 0.2) is 11.4 Å². The van der Waals surface area contributed by atoms with Crippen molar-refractivity contribution in [1.29, 1.82) is 0 Å². The zero-order valence-corrected chi connectivity index (χ0v) is 12.7. The smallest absolute Gasteiger partial charge is 0.0331 e.